The zero-order valence-corrected chi connectivity index (χ0v) is 11.7. The average Bonchev–Trinajstić information content (AvgIpc) is 2.78. The first-order valence-electron chi connectivity index (χ1n) is 5.94. The number of thiazole rings is 1. The van der Waals surface area contributed by atoms with Gasteiger partial charge in [0, 0.05) is 29.5 Å². The van der Waals surface area contributed by atoms with Crippen LogP contribution in [0.15, 0.2) is 23.8 Å². The van der Waals surface area contributed by atoms with Crippen molar-refractivity contribution in [1.82, 2.24) is 15.2 Å². The van der Waals surface area contributed by atoms with Crippen molar-refractivity contribution in [2.45, 2.75) is 38.6 Å². The Morgan fingerprint density at radius 1 is 1.33 bits per heavy atom. The van der Waals surface area contributed by atoms with Crippen LogP contribution in [0.25, 0.3) is 0 Å². The van der Waals surface area contributed by atoms with E-state index in [1.807, 2.05) is 6.07 Å². The van der Waals surface area contributed by atoms with Crippen molar-refractivity contribution in [3.63, 3.8) is 0 Å². The van der Waals surface area contributed by atoms with E-state index >= 15 is 0 Å². The van der Waals surface area contributed by atoms with Crippen LogP contribution in [0.3, 0.4) is 0 Å². The number of nitrogens with zero attached hydrogens (tertiary/aromatic N) is 3. The van der Waals surface area contributed by atoms with E-state index in [1.54, 1.807) is 23.7 Å². The Morgan fingerprint density at radius 3 is 2.67 bits per heavy atom. The van der Waals surface area contributed by atoms with Gasteiger partial charge >= 0.3 is 0 Å². The summed E-state index contributed by atoms with van der Waals surface area (Å²) in [6, 6.07) is 1.83. The van der Waals surface area contributed by atoms with Gasteiger partial charge in [0.15, 0.2) is 0 Å². The van der Waals surface area contributed by atoms with Crippen molar-refractivity contribution in [2.24, 2.45) is 5.73 Å². The highest BCUT2D eigenvalue weighted by molar-refractivity contribution is 7.09. The number of rotatable bonds is 3. The molecule has 0 spiro atoms. The Hall–Kier alpha value is -1.33. The van der Waals surface area contributed by atoms with Gasteiger partial charge in [-0.2, -0.15) is 10.2 Å². The van der Waals surface area contributed by atoms with E-state index in [0.717, 1.165) is 22.7 Å². The maximum atomic E-state index is 6.14. The molecular weight excluding hydrogens is 244 g/mol. The van der Waals surface area contributed by atoms with Crippen LogP contribution < -0.4 is 5.73 Å². The fourth-order valence-electron chi connectivity index (χ4n) is 1.58. The second-order valence-corrected chi connectivity index (χ2v) is 6.31. The van der Waals surface area contributed by atoms with Gasteiger partial charge in [-0.05, 0) is 11.6 Å². The SMILES string of the molecule is CC(C)(C)c1csc(CC(N)c2ccnnc2)n1. The maximum Gasteiger partial charge on any atom is 0.0947 e. The molecule has 2 N–H and O–H groups in total. The van der Waals surface area contributed by atoms with Crippen LogP contribution in [0.5, 0.6) is 0 Å². The quantitative estimate of drug-likeness (QED) is 0.923. The van der Waals surface area contributed by atoms with E-state index in [-0.39, 0.29) is 11.5 Å². The Labute approximate surface area is 111 Å². The van der Waals surface area contributed by atoms with Crippen molar-refractivity contribution in [3.05, 3.63) is 40.1 Å². The molecular formula is C13H18N4S. The summed E-state index contributed by atoms with van der Waals surface area (Å²) in [6.45, 7) is 6.50. The van der Waals surface area contributed by atoms with Gasteiger partial charge in [-0.25, -0.2) is 4.98 Å². The largest absolute Gasteiger partial charge is 0.324 e. The predicted molar refractivity (Wildman–Crippen MR) is 73.5 cm³/mol. The van der Waals surface area contributed by atoms with Crippen molar-refractivity contribution in [2.75, 3.05) is 0 Å². The fraction of sp³-hybridized carbons (Fsp3) is 0.462. The molecule has 2 rings (SSSR count). The second kappa shape index (κ2) is 5.12. The van der Waals surface area contributed by atoms with Crippen LogP contribution in [0.4, 0.5) is 0 Å². The number of nitrogens with two attached hydrogens (primary N) is 1. The Bertz CT molecular complexity index is 501. The van der Waals surface area contributed by atoms with Gasteiger partial charge in [-0.15, -0.1) is 11.3 Å². The summed E-state index contributed by atoms with van der Waals surface area (Å²) in [5.41, 5.74) is 8.36. The molecule has 0 fully saturated rings. The van der Waals surface area contributed by atoms with E-state index < -0.39 is 0 Å². The molecule has 18 heavy (non-hydrogen) atoms. The molecule has 2 aromatic heterocycles. The zero-order chi connectivity index (χ0) is 13.2. The third-order valence-electron chi connectivity index (χ3n) is 2.75. The van der Waals surface area contributed by atoms with E-state index in [4.69, 9.17) is 5.73 Å². The van der Waals surface area contributed by atoms with Crippen molar-refractivity contribution in [1.29, 1.82) is 0 Å². The summed E-state index contributed by atoms with van der Waals surface area (Å²) >= 11 is 1.67. The summed E-state index contributed by atoms with van der Waals surface area (Å²) < 4.78 is 0. The van der Waals surface area contributed by atoms with E-state index in [0.29, 0.717) is 0 Å². The third-order valence-corrected chi connectivity index (χ3v) is 3.62. The highest BCUT2D eigenvalue weighted by Gasteiger charge is 2.18. The molecule has 0 aliphatic rings. The van der Waals surface area contributed by atoms with Crippen molar-refractivity contribution in [3.8, 4) is 0 Å². The third kappa shape index (κ3) is 3.11. The van der Waals surface area contributed by atoms with Gasteiger partial charge in [0.05, 0.1) is 16.9 Å². The van der Waals surface area contributed by atoms with Crippen LogP contribution >= 0.6 is 11.3 Å². The summed E-state index contributed by atoms with van der Waals surface area (Å²) in [7, 11) is 0. The van der Waals surface area contributed by atoms with Crippen LogP contribution in [-0.4, -0.2) is 15.2 Å². The lowest BCUT2D eigenvalue weighted by Gasteiger charge is -2.14. The van der Waals surface area contributed by atoms with Gasteiger partial charge in [0.2, 0.25) is 0 Å². The highest BCUT2D eigenvalue weighted by atomic mass is 32.1. The summed E-state index contributed by atoms with van der Waals surface area (Å²) in [5, 5.41) is 10.8. The number of hydrogen-bond donors (Lipinski definition) is 1. The standard InChI is InChI=1S/C13H18N4S/c1-13(2,3)11-8-18-12(17-11)6-10(14)9-4-5-15-16-7-9/h4-5,7-8,10H,6,14H2,1-3H3. The summed E-state index contributed by atoms with van der Waals surface area (Å²) in [5.74, 6) is 0. The van der Waals surface area contributed by atoms with Crippen LogP contribution in [0.1, 0.15) is 43.1 Å². The first-order valence-corrected chi connectivity index (χ1v) is 6.82. The molecule has 0 amide bonds. The van der Waals surface area contributed by atoms with Crippen LogP contribution in [-0.2, 0) is 11.8 Å². The Kier molecular flexibility index (Phi) is 3.73. The molecule has 4 nitrogen and oxygen atoms in total. The minimum Gasteiger partial charge on any atom is -0.324 e. The van der Waals surface area contributed by atoms with Gasteiger partial charge in [0.25, 0.3) is 0 Å². The minimum absolute atomic E-state index is 0.0699. The van der Waals surface area contributed by atoms with Gasteiger partial charge in [-0.1, -0.05) is 20.8 Å². The lowest BCUT2D eigenvalue weighted by molar-refractivity contribution is 0.569. The molecule has 0 aliphatic heterocycles. The topological polar surface area (TPSA) is 64.7 Å². The molecule has 0 aromatic carbocycles. The summed E-state index contributed by atoms with van der Waals surface area (Å²) in [4.78, 5) is 4.65. The lowest BCUT2D eigenvalue weighted by Crippen LogP contribution is -2.15. The van der Waals surface area contributed by atoms with E-state index in [1.165, 1.54) is 0 Å². The van der Waals surface area contributed by atoms with E-state index in [2.05, 4.69) is 41.3 Å². The maximum absolute atomic E-state index is 6.14. The van der Waals surface area contributed by atoms with Gasteiger partial charge in [0.1, 0.15) is 0 Å². The predicted octanol–water partition coefficient (Wildman–Crippen LogP) is 2.47. The van der Waals surface area contributed by atoms with Gasteiger partial charge < -0.3 is 5.73 Å². The average molecular weight is 262 g/mol. The van der Waals surface area contributed by atoms with Crippen molar-refractivity contribution >= 4 is 11.3 Å². The highest BCUT2D eigenvalue weighted by Crippen LogP contribution is 2.25. The fourth-order valence-corrected chi connectivity index (χ4v) is 2.66. The Morgan fingerprint density at radius 2 is 2.11 bits per heavy atom. The normalized spacial score (nSPS) is 13.6. The molecule has 1 atom stereocenters. The first kappa shape index (κ1) is 13.1. The lowest BCUT2D eigenvalue weighted by atomic mass is 9.93. The molecule has 5 heteroatoms. The molecule has 0 bridgehead atoms. The molecule has 96 valence electrons. The molecule has 2 heterocycles. The monoisotopic (exact) mass is 262 g/mol. The molecule has 1 unspecified atom stereocenters. The molecule has 0 saturated heterocycles. The number of aromatic nitrogens is 3. The second-order valence-electron chi connectivity index (χ2n) is 5.36. The minimum atomic E-state index is -0.0699. The van der Waals surface area contributed by atoms with Gasteiger partial charge in [-0.3, -0.25) is 0 Å². The van der Waals surface area contributed by atoms with Crippen LogP contribution in [0.2, 0.25) is 0 Å². The zero-order valence-electron chi connectivity index (χ0n) is 10.9. The first-order chi connectivity index (χ1) is 8.47. The van der Waals surface area contributed by atoms with Crippen molar-refractivity contribution < 1.29 is 0 Å². The number of hydrogen-bond acceptors (Lipinski definition) is 5. The summed E-state index contributed by atoms with van der Waals surface area (Å²) in [6.07, 6.45) is 4.12. The Balaban J connectivity index is 2.08. The smallest absolute Gasteiger partial charge is 0.0947 e. The van der Waals surface area contributed by atoms with Crippen LogP contribution in [0, 0.1) is 0 Å². The molecule has 0 radical (unpaired) electrons. The molecule has 0 saturated carbocycles. The molecule has 0 aliphatic carbocycles. The van der Waals surface area contributed by atoms with E-state index in [9.17, 15) is 0 Å². The molecule has 2 aromatic rings.